The minimum Gasteiger partial charge on any atom is -0.377 e. The van der Waals surface area contributed by atoms with Crippen LogP contribution < -0.4 is 5.73 Å². The van der Waals surface area contributed by atoms with Gasteiger partial charge in [0.25, 0.3) is 5.91 Å². The van der Waals surface area contributed by atoms with Gasteiger partial charge in [0.15, 0.2) is 5.82 Å². The van der Waals surface area contributed by atoms with E-state index < -0.39 is 5.91 Å². The molecule has 1 aliphatic rings. The summed E-state index contributed by atoms with van der Waals surface area (Å²) in [5, 5.41) is 0.460. The summed E-state index contributed by atoms with van der Waals surface area (Å²) in [5.74, 6) is -0.491. The van der Waals surface area contributed by atoms with Crippen LogP contribution in [0.5, 0.6) is 0 Å². The number of benzene rings is 1. The van der Waals surface area contributed by atoms with Gasteiger partial charge in [0.1, 0.15) is 5.69 Å². The fourth-order valence-electron chi connectivity index (χ4n) is 2.83. The zero-order valence-electron chi connectivity index (χ0n) is 13.9. The van der Waals surface area contributed by atoms with E-state index in [1.807, 2.05) is 6.07 Å². The van der Waals surface area contributed by atoms with Crippen molar-refractivity contribution in [3.63, 3.8) is 0 Å². The molecule has 1 atom stereocenters. The number of carbonyl (C=O) groups is 2. The van der Waals surface area contributed by atoms with E-state index >= 15 is 0 Å². The van der Waals surface area contributed by atoms with E-state index in [1.54, 1.807) is 17.0 Å². The molecule has 1 aliphatic heterocycles. The monoisotopic (exact) mass is 372 g/mol. The molecule has 7 nitrogen and oxygen atoms in total. The molecule has 26 heavy (non-hydrogen) atoms. The Hall–Kier alpha value is -2.77. The average Bonchev–Trinajstić information content (AvgIpc) is 2.67. The highest BCUT2D eigenvalue weighted by Crippen LogP contribution is 2.30. The van der Waals surface area contributed by atoms with E-state index in [9.17, 15) is 9.59 Å². The molecule has 2 aromatic rings. The highest BCUT2D eigenvalue weighted by molar-refractivity contribution is 6.31. The second-order valence-electron chi connectivity index (χ2n) is 5.73. The number of carbonyl (C=O) groups excluding carboxylic acids is 2. The van der Waals surface area contributed by atoms with Gasteiger partial charge in [-0.3, -0.25) is 9.59 Å². The second-order valence-corrected chi connectivity index (χ2v) is 6.17. The Labute approximate surface area is 155 Å². The van der Waals surface area contributed by atoms with Crippen molar-refractivity contribution >= 4 is 23.4 Å². The van der Waals surface area contributed by atoms with E-state index in [4.69, 9.17) is 22.1 Å². The molecule has 8 heteroatoms. The number of halogens is 1. The number of aromatic nitrogens is 2. The number of hydrogen-bond acceptors (Lipinski definition) is 5. The number of nitrogens with two attached hydrogens (primary N) is 1. The van der Waals surface area contributed by atoms with Crippen LogP contribution in [-0.4, -0.2) is 46.4 Å². The van der Waals surface area contributed by atoms with Crippen LogP contribution in [0, 0.1) is 0 Å². The molecule has 2 N–H and O–H groups in total. The number of amides is 2. The molecule has 0 bridgehead atoms. The fraction of sp³-hybridized carbons (Fsp3) is 0.222. The average molecular weight is 373 g/mol. The summed E-state index contributed by atoms with van der Waals surface area (Å²) >= 11 is 6.27. The van der Waals surface area contributed by atoms with E-state index in [0.717, 1.165) is 5.56 Å². The Balaban J connectivity index is 2.02. The number of rotatable bonds is 4. The molecule has 1 aromatic carbocycles. The zero-order valence-corrected chi connectivity index (χ0v) is 14.6. The van der Waals surface area contributed by atoms with Crippen molar-refractivity contribution in [2.45, 2.75) is 6.04 Å². The first-order valence-corrected chi connectivity index (χ1v) is 8.32. The Morgan fingerprint density at radius 3 is 2.92 bits per heavy atom. The van der Waals surface area contributed by atoms with Crippen molar-refractivity contribution in [3.05, 3.63) is 59.4 Å². The van der Waals surface area contributed by atoms with Gasteiger partial charge in [0.2, 0.25) is 5.91 Å². The standard InChI is InChI=1S/C18H17ClN4O3/c1-2-16(24)23-5-6-26-10-15(23)11-7-12(9-13(19)8-11)18-21-4-3-14(22-18)17(20)25/h2-4,7-9,15H,1,5-6,10H2,(H2,20,25). The van der Waals surface area contributed by atoms with Crippen molar-refractivity contribution in [2.75, 3.05) is 19.8 Å². The molecule has 1 saturated heterocycles. The molecule has 3 rings (SSSR count). The molecule has 0 saturated carbocycles. The van der Waals surface area contributed by atoms with Gasteiger partial charge in [0, 0.05) is 23.3 Å². The molecule has 0 radical (unpaired) electrons. The fourth-order valence-corrected chi connectivity index (χ4v) is 3.07. The topological polar surface area (TPSA) is 98.4 Å². The molecule has 134 valence electrons. The first-order chi connectivity index (χ1) is 12.5. The largest absolute Gasteiger partial charge is 0.377 e. The third-order valence-electron chi connectivity index (χ3n) is 4.06. The maximum absolute atomic E-state index is 12.2. The summed E-state index contributed by atoms with van der Waals surface area (Å²) < 4.78 is 5.53. The molecule has 2 amide bonds. The van der Waals surface area contributed by atoms with Gasteiger partial charge >= 0.3 is 0 Å². The molecule has 1 unspecified atom stereocenters. The number of nitrogens with zero attached hydrogens (tertiary/aromatic N) is 3. The smallest absolute Gasteiger partial charge is 0.267 e. The molecule has 0 spiro atoms. The summed E-state index contributed by atoms with van der Waals surface area (Å²) in [6, 6.07) is 6.43. The first-order valence-electron chi connectivity index (χ1n) is 7.94. The van der Waals surface area contributed by atoms with Crippen LogP contribution in [0.4, 0.5) is 0 Å². The van der Waals surface area contributed by atoms with Gasteiger partial charge in [-0.2, -0.15) is 0 Å². The van der Waals surface area contributed by atoms with Crippen LogP contribution in [0.1, 0.15) is 22.1 Å². The van der Waals surface area contributed by atoms with Crippen LogP contribution in [0.2, 0.25) is 5.02 Å². The lowest BCUT2D eigenvalue weighted by molar-refractivity contribution is -0.134. The Kier molecular flexibility index (Phi) is 5.29. The van der Waals surface area contributed by atoms with Crippen molar-refractivity contribution in [3.8, 4) is 11.4 Å². The Bertz CT molecular complexity index is 871. The quantitative estimate of drug-likeness (QED) is 0.827. The Morgan fingerprint density at radius 2 is 2.19 bits per heavy atom. The number of morpholine rings is 1. The van der Waals surface area contributed by atoms with Gasteiger partial charge in [-0.15, -0.1) is 0 Å². The molecule has 1 fully saturated rings. The first kappa shape index (κ1) is 18.0. The number of primary amides is 1. The van der Waals surface area contributed by atoms with E-state index in [-0.39, 0.29) is 17.6 Å². The minimum absolute atomic E-state index is 0.112. The SMILES string of the molecule is C=CC(=O)N1CCOCC1c1cc(Cl)cc(-c2nccc(C(N)=O)n2)c1. The van der Waals surface area contributed by atoms with Crippen molar-refractivity contribution < 1.29 is 14.3 Å². The molecule has 0 aliphatic carbocycles. The zero-order chi connectivity index (χ0) is 18.7. The molecule has 2 heterocycles. The predicted molar refractivity (Wildman–Crippen MR) is 96.5 cm³/mol. The molecular weight excluding hydrogens is 356 g/mol. The van der Waals surface area contributed by atoms with Crippen LogP contribution in [0.15, 0.2) is 43.1 Å². The van der Waals surface area contributed by atoms with Crippen LogP contribution in [0.3, 0.4) is 0 Å². The third-order valence-corrected chi connectivity index (χ3v) is 4.28. The van der Waals surface area contributed by atoms with Gasteiger partial charge in [-0.25, -0.2) is 9.97 Å². The number of hydrogen-bond donors (Lipinski definition) is 1. The van der Waals surface area contributed by atoms with Crippen LogP contribution >= 0.6 is 11.6 Å². The lowest BCUT2D eigenvalue weighted by atomic mass is 10.0. The van der Waals surface area contributed by atoms with E-state index in [2.05, 4.69) is 16.5 Å². The maximum Gasteiger partial charge on any atom is 0.267 e. The third kappa shape index (κ3) is 3.74. The minimum atomic E-state index is -0.640. The molecule has 1 aromatic heterocycles. The van der Waals surface area contributed by atoms with Crippen LogP contribution in [-0.2, 0) is 9.53 Å². The summed E-state index contributed by atoms with van der Waals surface area (Å²) in [4.78, 5) is 33.5. The molecular formula is C18H17ClN4O3. The summed E-state index contributed by atoms with van der Waals surface area (Å²) in [7, 11) is 0. The van der Waals surface area contributed by atoms with Crippen LogP contribution in [0.25, 0.3) is 11.4 Å². The summed E-state index contributed by atoms with van der Waals surface area (Å²) in [6.07, 6.45) is 2.74. The van der Waals surface area contributed by atoms with Crippen molar-refractivity contribution in [1.29, 1.82) is 0 Å². The maximum atomic E-state index is 12.2. The lowest BCUT2D eigenvalue weighted by Crippen LogP contribution is -2.42. The van der Waals surface area contributed by atoms with Gasteiger partial charge < -0.3 is 15.4 Å². The second kappa shape index (κ2) is 7.63. The van der Waals surface area contributed by atoms with E-state index in [0.29, 0.717) is 36.2 Å². The van der Waals surface area contributed by atoms with Gasteiger partial charge in [-0.1, -0.05) is 18.2 Å². The Morgan fingerprint density at radius 1 is 1.38 bits per heavy atom. The lowest BCUT2D eigenvalue weighted by Gasteiger charge is -2.35. The predicted octanol–water partition coefficient (Wildman–Crippen LogP) is 1.98. The summed E-state index contributed by atoms with van der Waals surface area (Å²) in [5.41, 5.74) is 6.80. The highest BCUT2D eigenvalue weighted by Gasteiger charge is 2.28. The van der Waals surface area contributed by atoms with Crippen molar-refractivity contribution in [1.82, 2.24) is 14.9 Å². The van der Waals surface area contributed by atoms with Crippen molar-refractivity contribution in [2.24, 2.45) is 5.73 Å². The highest BCUT2D eigenvalue weighted by atomic mass is 35.5. The van der Waals surface area contributed by atoms with Gasteiger partial charge in [0.05, 0.1) is 19.3 Å². The van der Waals surface area contributed by atoms with Gasteiger partial charge in [-0.05, 0) is 35.9 Å². The van der Waals surface area contributed by atoms with E-state index in [1.165, 1.54) is 18.3 Å². The number of ether oxygens (including phenoxy) is 1. The normalized spacial score (nSPS) is 17.0. The summed E-state index contributed by atoms with van der Waals surface area (Å²) in [6.45, 7) is 4.83.